The van der Waals surface area contributed by atoms with Crippen molar-refractivity contribution >= 4 is 26.0 Å². The third-order valence-corrected chi connectivity index (χ3v) is 3.03. The molecule has 1 N–H and O–H groups in total. The van der Waals surface area contributed by atoms with Gasteiger partial charge in [-0.25, -0.2) is 4.39 Å². The Balaban J connectivity index is 3.36. The summed E-state index contributed by atoms with van der Waals surface area (Å²) < 4.78 is 43.7. The van der Waals surface area contributed by atoms with Crippen LogP contribution in [0.25, 0.3) is 0 Å². The highest BCUT2D eigenvalue weighted by atomic mass is 79.9. The van der Waals surface area contributed by atoms with Gasteiger partial charge in [-0.1, -0.05) is 22.0 Å². The summed E-state index contributed by atoms with van der Waals surface area (Å²) in [6.07, 6.45) is 0.210. The zero-order chi connectivity index (χ0) is 10.8. The monoisotopic (exact) mass is 282 g/mol. The number of hydrogen-bond acceptors (Lipinski definition) is 2. The van der Waals surface area contributed by atoms with Crippen molar-refractivity contribution in [2.45, 2.75) is 11.3 Å². The van der Waals surface area contributed by atoms with E-state index in [-0.39, 0.29) is 16.9 Å². The van der Waals surface area contributed by atoms with E-state index in [0.29, 0.717) is 5.33 Å². The van der Waals surface area contributed by atoms with Gasteiger partial charge in [-0.05, 0) is 18.6 Å². The fraction of sp³-hybridized carbons (Fsp3) is 0.250. The molecular formula is C8H8BrFO3S. The molecule has 0 aliphatic heterocycles. The van der Waals surface area contributed by atoms with Crippen LogP contribution in [0.1, 0.15) is 5.56 Å². The van der Waals surface area contributed by atoms with Crippen LogP contribution in [-0.2, 0) is 16.5 Å². The minimum absolute atomic E-state index is 0.00637. The highest BCUT2D eigenvalue weighted by Crippen LogP contribution is 2.19. The zero-order valence-electron chi connectivity index (χ0n) is 7.07. The Kier molecular flexibility index (Phi) is 3.63. The highest BCUT2D eigenvalue weighted by Gasteiger charge is 2.17. The van der Waals surface area contributed by atoms with Crippen molar-refractivity contribution in [3.63, 3.8) is 0 Å². The van der Waals surface area contributed by atoms with E-state index >= 15 is 0 Å². The van der Waals surface area contributed by atoms with E-state index in [9.17, 15) is 12.8 Å². The maximum absolute atomic E-state index is 13.2. The highest BCUT2D eigenvalue weighted by molar-refractivity contribution is 9.09. The van der Waals surface area contributed by atoms with Gasteiger partial charge in [0, 0.05) is 10.9 Å². The van der Waals surface area contributed by atoms with E-state index in [1.54, 1.807) is 0 Å². The zero-order valence-corrected chi connectivity index (χ0v) is 9.48. The van der Waals surface area contributed by atoms with Gasteiger partial charge in [0.05, 0.1) is 4.90 Å². The van der Waals surface area contributed by atoms with Crippen molar-refractivity contribution in [1.82, 2.24) is 0 Å². The summed E-state index contributed by atoms with van der Waals surface area (Å²) in [4.78, 5) is -0.364. The first-order chi connectivity index (χ1) is 6.46. The number of alkyl halides is 1. The quantitative estimate of drug-likeness (QED) is 0.682. The molecule has 0 unspecified atom stereocenters. The third-order valence-electron chi connectivity index (χ3n) is 1.70. The summed E-state index contributed by atoms with van der Waals surface area (Å²) in [6, 6.07) is 3.58. The van der Waals surface area contributed by atoms with Crippen LogP contribution in [-0.4, -0.2) is 18.3 Å². The molecule has 0 bridgehead atoms. The molecule has 0 saturated carbocycles. The fourth-order valence-electron chi connectivity index (χ4n) is 1.12. The molecule has 0 spiro atoms. The topological polar surface area (TPSA) is 54.4 Å². The van der Waals surface area contributed by atoms with Crippen LogP contribution in [0.3, 0.4) is 0 Å². The molecule has 0 radical (unpaired) electrons. The second-order valence-electron chi connectivity index (χ2n) is 2.63. The van der Waals surface area contributed by atoms with Crippen LogP contribution in [0.15, 0.2) is 23.1 Å². The van der Waals surface area contributed by atoms with Crippen molar-refractivity contribution in [3.05, 3.63) is 29.6 Å². The Labute approximate surface area is 89.8 Å². The summed E-state index contributed by atoms with van der Waals surface area (Å²) in [7, 11) is -4.34. The van der Waals surface area contributed by atoms with Crippen LogP contribution in [0.2, 0.25) is 0 Å². The molecule has 0 aliphatic rings. The van der Waals surface area contributed by atoms with Gasteiger partial charge in [0.25, 0.3) is 10.1 Å². The summed E-state index contributed by atoms with van der Waals surface area (Å²) in [5, 5.41) is 0.427. The lowest BCUT2D eigenvalue weighted by atomic mass is 10.1. The van der Waals surface area contributed by atoms with Gasteiger partial charge in [-0.2, -0.15) is 8.42 Å². The third kappa shape index (κ3) is 2.52. The van der Waals surface area contributed by atoms with E-state index in [2.05, 4.69) is 15.9 Å². The lowest BCUT2D eigenvalue weighted by molar-refractivity contribution is 0.480. The molecule has 3 nitrogen and oxygen atoms in total. The number of hydrogen-bond donors (Lipinski definition) is 1. The van der Waals surface area contributed by atoms with E-state index < -0.39 is 15.9 Å². The molecule has 0 aliphatic carbocycles. The normalized spacial score (nSPS) is 11.6. The Morgan fingerprint density at radius 2 is 2.07 bits per heavy atom. The van der Waals surface area contributed by atoms with Crippen LogP contribution in [0.5, 0.6) is 0 Å². The molecule has 6 heteroatoms. The van der Waals surface area contributed by atoms with Crippen LogP contribution < -0.4 is 0 Å². The summed E-state index contributed by atoms with van der Waals surface area (Å²) in [5.74, 6) is -0.625. The van der Waals surface area contributed by atoms with E-state index in [1.807, 2.05) is 0 Å². The average molecular weight is 283 g/mol. The lowest BCUT2D eigenvalue weighted by Crippen LogP contribution is -2.05. The minimum Gasteiger partial charge on any atom is -0.282 e. The Hall–Kier alpha value is -0.460. The number of rotatable bonds is 3. The van der Waals surface area contributed by atoms with Gasteiger partial charge in [0.2, 0.25) is 0 Å². The van der Waals surface area contributed by atoms with Crippen molar-refractivity contribution in [1.29, 1.82) is 0 Å². The van der Waals surface area contributed by atoms with Crippen molar-refractivity contribution in [2.24, 2.45) is 0 Å². The summed E-state index contributed by atoms with van der Waals surface area (Å²) in [5.41, 5.74) is 0.00637. The molecule has 0 amide bonds. The van der Waals surface area contributed by atoms with Gasteiger partial charge in [0.15, 0.2) is 0 Å². The van der Waals surface area contributed by atoms with Crippen molar-refractivity contribution in [3.8, 4) is 0 Å². The first kappa shape index (κ1) is 11.6. The van der Waals surface area contributed by atoms with Crippen LogP contribution >= 0.6 is 15.9 Å². The predicted molar refractivity (Wildman–Crippen MR) is 53.7 cm³/mol. The molecule has 14 heavy (non-hydrogen) atoms. The molecular weight excluding hydrogens is 275 g/mol. The van der Waals surface area contributed by atoms with Gasteiger partial charge in [0.1, 0.15) is 5.82 Å². The van der Waals surface area contributed by atoms with E-state index in [4.69, 9.17) is 4.55 Å². The SMILES string of the molecule is O=S(=O)(O)c1cccc(F)c1CCBr. The molecule has 0 saturated heterocycles. The van der Waals surface area contributed by atoms with Gasteiger partial charge in [-0.3, -0.25) is 4.55 Å². The Morgan fingerprint density at radius 1 is 1.43 bits per heavy atom. The minimum atomic E-state index is -4.34. The molecule has 0 aromatic heterocycles. The molecule has 0 atom stereocenters. The van der Waals surface area contributed by atoms with Gasteiger partial charge in [-0.15, -0.1) is 0 Å². The maximum atomic E-state index is 13.2. The second-order valence-corrected chi connectivity index (χ2v) is 4.81. The Morgan fingerprint density at radius 3 is 2.57 bits per heavy atom. The average Bonchev–Trinajstić information content (AvgIpc) is 2.07. The lowest BCUT2D eigenvalue weighted by Gasteiger charge is -2.05. The first-order valence-electron chi connectivity index (χ1n) is 3.77. The molecule has 1 aromatic rings. The molecule has 78 valence electrons. The van der Waals surface area contributed by atoms with E-state index in [0.717, 1.165) is 6.07 Å². The Bertz CT molecular complexity index is 430. The smallest absolute Gasteiger partial charge is 0.282 e. The predicted octanol–water partition coefficient (Wildman–Crippen LogP) is 2.01. The second kappa shape index (κ2) is 4.37. The number of halogens is 2. The molecule has 1 aromatic carbocycles. The van der Waals surface area contributed by atoms with Crippen LogP contribution in [0, 0.1) is 5.82 Å². The molecule has 0 heterocycles. The number of benzene rings is 1. The first-order valence-corrected chi connectivity index (χ1v) is 6.34. The van der Waals surface area contributed by atoms with Gasteiger partial charge >= 0.3 is 0 Å². The molecule has 0 fully saturated rings. The standard InChI is InChI=1S/C8H8BrFO3S/c9-5-4-6-7(10)2-1-3-8(6)14(11,12)13/h1-3H,4-5H2,(H,11,12,13). The summed E-state index contributed by atoms with van der Waals surface area (Å²) in [6.45, 7) is 0. The van der Waals surface area contributed by atoms with Crippen molar-refractivity contribution < 1.29 is 17.4 Å². The fourth-order valence-corrected chi connectivity index (χ4v) is 2.28. The van der Waals surface area contributed by atoms with Crippen molar-refractivity contribution in [2.75, 3.05) is 5.33 Å². The largest absolute Gasteiger partial charge is 0.294 e. The van der Waals surface area contributed by atoms with Crippen LogP contribution in [0.4, 0.5) is 4.39 Å². The maximum Gasteiger partial charge on any atom is 0.294 e. The summed E-state index contributed by atoms with van der Waals surface area (Å²) >= 11 is 3.08. The van der Waals surface area contributed by atoms with Gasteiger partial charge < -0.3 is 0 Å². The van der Waals surface area contributed by atoms with E-state index in [1.165, 1.54) is 12.1 Å². The molecule has 1 rings (SSSR count).